The van der Waals surface area contributed by atoms with E-state index < -0.39 is 5.60 Å². The van der Waals surface area contributed by atoms with Crippen molar-refractivity contribution in [3.63, 3.8) is 0 Å². The molecule has 0 saturated heterocycles. The van der Waals surface area contributed by atoms with Crippen LogP contribution >= 0.6 is 15.9 Å². The van der Waals surface area contributed by atoms with Crippen LogP contribution in [0.5, 0.6) is 5.75 Å². The van der Waals surface area contributed by atoms with Crippen molar-refractivity contribution in [2.75, 3.05) is 5.73 Å². The number of nitrogens with two attached hydrogens (primary N) is 1. The molecule has 2 aromatic rings. The maximum atomic E-state index is 12.4. The minimum absolute atomic E-state index is 0.190. The number of nitrogens with zero attached hydrogens (tertiary/aromatic N) is 2. The fourth-order valence-electron chi connectivity index (χ4n) is 2.31. The number of pyridine rings is 2. The summed E-state index contributed by atoms with van der Waals surface area (Å²) >= 11 is 3.24. The molecule has 0 radical (unpaired) electrons. The highest BCUT2D eigenvalue weighted by Crippen LogP contribution is 2.34. The fourth-order valence-corrected chi connectivity index (χ4v) is 2.76. The molecule has 108 valence electrons. The summed E-state index contributed by atoms with van der Waals surface area (Å²) in [6, 6.07) is 5.22. The topological polar surface area (TPSA) is 70.1 Å². The van der Waals surface area contributed by atoms with Crippen molar-refractivity contribution in [2.24, 2.45) is 0 Å². The van der Waals surface area contributed by atoms with Crippen LogP contribution in [0.25, 0.3) is 5.70 Å². The van der Waals surface area contributed by atoms with Gasteiger partial charge in [-0.1, -0.05) is 0 Å². The quantitative estimate of drug-likeness (QED) is 0.860. The first-order valence-electron chi connectivity index (χ1n) is 6.43. The number of rotatable bonds is 1. The van der Waals surface area contributed by atoms with Gasteiger partial charge in [-0.05, 0) is 54.1 Å². The SMILES string of the molecule is CC1(C)C=C(n2cc(N)cc(Br)c2=O)c2ncccc2O1. The zero-order valence-electron chi connectivity index (χ0n) is 11.6. The van der Waals surface area contributed by atoms with Crippen LogP contribution in [-0.4, -0.2) is 15.2 Å². The van der Waals surface area contributed by atoms with E-state index in [1.54, 1.807) is 24.5 Å². The number of fused-ring (bicyclic) bond motifs is 1. The maximum absolute atomic E-state index is 12.4. The Bertz CT molecular complexity index is 809. The van der Waals surface area contributed by atoms with E-state index in [1.807, 2.05) is 26.0 Å². The molecule has 0 spiro atoms. The Balaban J connectivity index is 2.30. The third-order valence-electron chi connectivity index (χ3n) is 3.12. The third-order valence-corrected chi connectivity index (χ3v) is 3.69. The van der Waals surface area contributed by atoms with Gasteiger partial charge >= 0.3 is 0 Å². The first-order valence-corrected chi connectivity index (χ1v) is 7.22. The summed E-state index contributed by atoms with van der Waals surface area (Å²) in [5, 5.41) is 0. The van der Waals surface area contributed by atoms with Gasteiger partial charge in [-0.3, -0.25) is 14.3 Å². The summed E-state index contributed by atoms with van der Waals surface area (Å²) in [4.78, 5) is 16.7. The van der Waals surface area contributed by atoms with E-state index in [0.717, 1.165) is 0 Å². The van der Waals surface area contributed by atoms with Crippen molar-refractivity contribution in [1.82, 2.24) is 9.55 Å². The van der Waals surface area contributed by atoms with Gasteiger partial charge in [0.25, 0.3) is 5.56 Å². The first kappa shape index (κ1) is 13.9. The number of aromatic nitrogens is 2. The molecule has 0 unspecified atom stereocenters. The molecule has 0 aliphatic carbocycles. The molecule has 21 heavy (non-hydrogen) atoms. The second-order valence-corrected chi connectivity index (χ2v) is 6.24. The fraction of sp³-hybridized carbons (Fsp3) is 0.200. The van der Waals surface area contributed by atoms with E-state index in [2.05, 4.69) is 20.9 Å². The number of nitrogen functional groups attached to an aromatic ring is 1. The predicted octanol–water partition coefficient (Wildman–Crippen LogP) is 2.65. The number of anilines is 1. The molecule has 3 heterocycles. The molecule has 2 N–H and O–H groups in total. The van der Waals surface area contributed by atoms with Crippen LogP contribution in [0.2, 0.25) is 0 Å². The summed E-state index contributed by atoms with van der Waals surface area (Å²) < 4.78 is 7.78. The van der Waals surface area contributed by atoms with Gasteiger partial charge in [-0.2, -0.15) is 0 Å². The Morgan fingerprint density at radius 2 is 2.19 bits per heavy atom. The monoisotopic (exact) mass is 347 g/mol. The van der Waals surface area contributed by atoms with Crippen molar-refractivity contribution in [2.45, 2.75) is 19.4 Å². The second-order valence-electron chi connectivity index (χ2n) is 5.38. The van der Waals surface area contributed by atoms with E-state index in [1.165, 1.54) is 4.57 Å². The maximum Gasteiger partial charge on any atom is 0.269 e. The number of halogens is 1. The lowest BCUT2D eigenvalue weighted by Crippen LogP contribution is -2.32. The summed E-state index contributed by atoms with van der Waals surface area (Å²) in [5.74, 6) is 0.644. The Labute approximate surface area is 130 Å². The number of ether oxygens (including phenoxy) is 1. The molecule has 5 nitrogen and oxygen atoms in total. The van der Waals surface area contributed by atoms with Crippen LogP contribution in [-0.2, 0) is 0 Å². The molecule has 0 atom stereocenters. The minimum Gasteiger partial charge on any atom is -0.481 e. The first-order chi connectivity index (χ1) is 9.87. The van der Waals surface area contributed by atoms with Gasteiger partial charge in [-0.15, -0.1) is 0 Å². The lowest BCUT2D eigenvalue weighted by Gasteiger charge is -2.30. The van der Waals surface area contributed by atoms with Crippen molar-refractivity contribution in [1.29, 1.82) is 0 Å². The molecule has 0 bridgehead atoms. The molecule has 6 heteroatoms. The molecule has 0 fully saturated rings. The standard InChI is InChI=1S/C15H14BrN3O2/c1-15(2)7-11(13-12(21-15)4-3-5-18-13)19-8-9(17)6-10(16)14(19)20/h3-8H,17H2,1-2H3. The van der Waals surface area contributed by atoms with E-state index in [-0.39, 0.29) is 5.56 Å². The molecular weight excluding hydrogens is 334 g/mol. The lowest BCUT2D eigenvalue weighted by atomic mass is 10.0. The van der Waals surface area contributed by atoms with Gasteiger partial charge < -0.3 is 10.5 Å². The van der Waals surface area contributed by atoms with Crippen LogP contribution in [0.4, 0.5) is 5.69 Å². The van der Waals surface area contributed by atoms with Crippen molar-refractivity contribution in [3.8, 4) is 5.75 Å². The summed E-state index contributed by atoms with van der Waals surface area (Å²) in [6.07, 6.45) is 5.13. The van der Waals surface area contributed by atoms with Gasteiger partial charge in [0.05, 0.1) is 10.2 Å². The Morgan fingerprint density at radius 1 is 1.43 bits per heavy atom. The average molecular weight is 348 g/mol. The van der Waals surface area contributed by atoms with E-state index in [0.29, 0.717) is 27.3 Å². The van der Waals surface area contributed by atoms with Crippen LogP contribution in [0.15, 0.2) is 45.9 Å². The molecule has 0 amide bonds. The number of hydrogen-bond donors (Lipinski definition) is 1. The van der Waals surface area contributed by atoms with Gasteiger partial charge in [0.2, 0.25) is 0 Å². The highest BCUT2D eigenvalue weighted by atomic mass is 79.9. The zero-order chi connectivity index (χ0) is 15.2. The largest absolute Gasteiger partial charge is 0.481 e. The smallest absolute Gasteiger partial charge is 0.269 e. The van der Waals surface area contributed by atoms with E-state index in [9.17, 15) is 4.79 Å². The number of hydrogen-bond acceptors (Lipinski definition) is 4. The summed E-state index contributed by atoms with van der Waals surface area (Å²) in [5.41, 5.74) is 6.90. The van der Waals surface area contributed by atoms with E-state index >= 15 is 0 Å². The summed E-state index contributed by atoms with van der Waals surface area (Å²) in [7, 11) is 0. The Kier molecular flexibility index (Phi) is 3.13. The van der Waals surface area contributed by atoms with Gasteiger partial charge in [0.15, 0.2) is 0 Å². The normalized spacial score (nSPS) is 15.9. The second kappa shape index (κ2) is 4.73. The molecule has 1 aliphatic heterocycles. The van der Waals surface area contributed by atoms with Crippen LogP contribution in [0.3, 0.4) is 0 Å². The van der Waals surface area contributed by atoms with E-state index in [4.69, 9.17) is 10.5 Å². The van der Waals surface area contributed by atoms with Crippen LogP contribution in [0, 0.1) is 0 Å². The molecule has 2 aromatic heterocycles. The third kappa shape index (κ3) is 2.47. The highest BCUT2D eigenvalue weighted by Gasteiger charge is 2.28. The molecule has 0 aromatic carbocycles. The Hall–Kier alpha value is -2.08. The Morgan fingerprint density at radius 3 is 2.95 bits per heavy atom. The lowest BCUT2D eigenvalue weighted by molar-refractivity contribution is 0.156. The minimum atomic E-state index is -0.540. The van der Waals surface area contributed by atoms with Crippen LogP contribution in [0.1, 0.15) is 19.5 Å². The average Bonchev–Trinajstić information content (AvgIpc) is 2.41. The van der Waals surface area contributed by atoms with Gasteiger partial charge in [-0.25, -0.2) is 0 Å². The molecule has 0 saturated carbocycles. The summed E-state index contributed by atoms with van der Waals surface area (Å²) in [6.45, 7) is 3.85. The van der Waals surface area contributed by atoms with Gasteiger partial charge in [0.1, 0.15) is 17.0 Å². The van der Waals surface area contributed by atoms with Crippen molar-refractivity contribution < 1.29 is 4.74 Å². The van der Waals surface area contributed by atoms with Crippen LogP contribution < -0.4 is 16.0 Å². The van der Waals surface area contributed by atoms with Gasteiger partial charge in [0, 0.05) is 18.1 Å². The predicted molar refractivity (Wildman–Crippen MR) is 85.1 cm³/mol. The van der Waals surface area contributed by atoms with Crippen molar-refractivity contribution in [3.05, 3.63) is 57.2 Å². The molecule has 3 rings (SSSR count). The molecular formula is C15H14BrN3O2. The molecule has 1 aliphatic rings. The van der Waals surface area contributed by atoms with Crippen molar-refractivity contribution >= 4 is 27.3 Å². The zero-order valence-corrected chi connectivity index (χ0v) is 13.2. The highest BCUT2D eigenvalue weighted by molar-refractivity contribution is 9.10.